The molecule has 0 aromatic carbocycles. The molecule has 6 nitrogen and oxygen atoms in total. The topological polar surface area (TPSA) is 58.1 Å². The Morgan fingerprint density at radius 2 is 1.96 bits per heavy atom. The van der Waals surface area contributed by atoms with Gasteiger partial charge >= 0.3 is 0 Å². The highest BCUT2D eigenvalue weighted by molar-refractivity contribution is 14.0. The molecule has 0 spiro atoms. The average molecular weight is 456 g/mol. The molecule has 1 aliphatic carbocycles. The highest BCUT2D eigenvalue weighted by atomic mass is 127. The van der Waals surface area contributed by atoms with Crippen molar-refractivity contribution in [3.8, 4) is 0 Å². The molecule has 144 valence electrons. The van der Waals surface area contributed by atoms with E-state index in [-0.39, 0.29) is 24.0 Å². The van der Waals surface area contributed by atoms with Crippen LogP contribution in [-0.2, 0) is 9.47 Å². The van der Waals surface area contributed by atoms with Crippen molar-refractivity contribution in [3.63, 3.8) is 0 Å². The third-order valence-corrected chi connectivity index (χ3v) is 3.83. The first-order valence-corrected chi connectivity index (χ1v) is 9.03. The molecule has 0 unspecified atom stereocenters. The zero-order valence-corrected chi connectivity index (χ0v) is 18.2. The van der Waals surface area contributed by atoms with Crippen molar-refractivity contribution < 1.29 is 9.47 Å². The minimum absolute atomic E-state index is 0. The summed E-state index contributed by atoms with van der Waals surface area (Å²) in [5, 5.41) is 6.74. The Kier molecular flexibility index (Phi) is 15.1. The van der Waals surface area contributed by atoms with Gasteiger partial charge < -0.3 is 20.1 Å². The summed E-state index contributed by atoms with van der Waals surface area (Å²) in [5.41, 5.74) is 0. The van der Waals surface area contributed by atoms with E-state index in [0.29, 0.717) is 19.3 Å². The fraction of sp³-hybridized carbons (Fsp3) is 0.941. The zero-order chi connectivity index (χ0) is 16.9. The van der Waals surface area contributed by atoms with Crippen LogP contribution < -0.4 is 10.6 Å². The van der Waals surface area contributed by atoms with Crippen LogP contribution in [0.2, 0.25) is 0 Å². The maximum absolute atomic E-state index is 5.45. The van der Waals surface area contributed by atoms with Gasteiger partial charge in [0.1, 0.15) is 0 Å². The van der Waals surface area contributed by atoms with Crippen LogP contribution in [0.15, 0.2) is 4.99 Å². The Balaban J connectivity index is 0.00000529. The van der Waals surface area contributed by atoms with E-state index in [9.17, 15) is 0 Å². The highest BCUT2D eigenvalue weighted by Gasteiger charge is 2.29. The van der Waals surface area contributed by atoms with Gasteiger partial charge in [-0.05, 0) is 40.0 Å². The van der Waals surface area contributed by atoms with E-state index < -0.39 is 0 Å². The van der Waals surface area contributed by atoms with Crippen LogP contribution in [-0.4, -0.2) is 76.1 Å². The SMILES string of the molecule is CCNC(=NCCCOCCOC)NCCN(C(C)C)C1CC1.I. The predicted octanol–water partition coefficient (Wildman–Crippen LogP) is 2.09. The molecule has 0 heterocycles. The number of aliphatic imine (C=N–C) groups is 1. The predicted molar refractivity (Wildman–Crippen MR) is 112 cm³/mol. The first-order chi connectivity index (χ1) is 11.2. The summed E-state index contributed by atoms with van der Waals surface area (Å²) in [5.74, 6) is 0.906. The van der Waals surface area contributed by atoms with Crippen LogP contribution in [0.4, 0.5) is 0 Å². The second-order valence-electron chi connectivity index (χ2n) is 6.21. The summed E-state index contributed by atoms with van der Waals surface area (Å²) in [7, 11) is 1.69. The number of hydrogen-bond donors (Lipinski definition) is 2. The molecular formula is C17H37IN4O2. The second kappa shape index (κ2) is 15.2. The van der Waals surface area contributed by atoms with Crippen molar-refractivity contribution in [1.82, 2.24) is 15.5 Å². The second-order valence-corrected chi connectivity index (χ2v) is 6.21. The third kappa shape index (κ3) is 11.4. The Labute approximate surface area is 165 Å². The largest absolute Gasteiger partial charge is 0.382 e. The molecule has 0 saturated heterocycles. The molecular weight excluding hydrogens is 419 g/mol. The standard InChI is InChI=1S/C17H36N4O2.HI/c1-5-18-17(19-9-6-12-23-14-13-22-4)20-10-11-21(15(2)3)16-7-8-16;/h15-16H,5-14H2,1-4H3,(H2,18,19,20);1H. The molecule has 24 heavy (non-hydrogen) atoms. The van der Waals surface area contributed by atoms with E-state index in [1.54, 1.807) is 7.11 Å². The normalized spacial score (nSPS) is 14.8. The van der Waals surface area contributed by atoms with E-state index in [0.717, 1.165) is 51.2 Å². The first kappa shape index (κ1) is 23.9. The molecule has 0 amide bonds. The van der Waals surface area contributed by atoms with Crippen molar-refractivity contribution >= 4 is 29.9 Å². The molecule has 1 saturated carbocycles. The summed E-state index contributed by atoms with van der Waals surface area (Å²) in [6.45, 7) is 12.4. The van der Waals surface area contributed by atoms with E-state index in [4.69, 9.17) is 9.47 Å². The minimum Gasteiger partial charge on any atom is -0.382 e. The minimum atomic E-state index is 0. The van der Waals surface area contributed by atoms with Crippen LogP contribution in [0, 0.1) is 0 Å². The molecule has 0 atom stereocenters. The lowest BCUT2D eigenvalue weighted by atomic mass is 10.3. The van der Waals surface area contributed by atoms with E-state index >= 15 is 0 Å². The Bertz CT molecular complexity index is 324. The van der Waals surface area contributed by atoms with E-state index in [2.05, 4.69) is 41.3 Å². The maximum Gasteiger partial charge on any atom is 0.191 e. The lowest BCUT2D eigenvalue weighted by molar-refractivity contribution is 0.0702. The smallest absolute Gasteiger partial charge is 0.191 e. The van der Waals surface area contributed by atoms with Gasteiger partial charge in [0.05, 0.1) is 13.2 Å². The van der Waals surface area contributed by atoms with Gasteiger partial charge in [-0.3, -0.25) is 9.89 Å². The van der Waals surface area contributed by atoms with Gasteiger partial charge in [-0.15, -0.1) is 24.0 Å². The Morgan fingerprint density at radius 3 is 2.54 bits per heavy atom. The maximum atomic E-state index is 5.45. The lowest BCUT2D eigenvalue weighted by Gasteiger charge is -2.26. The van der Waals surface area contributed by atoms with Gasteiger partial charge in [-0.2, -0.15) is 0 Å². The van der Waals surface area contributed by atoms with Crippen molar-refractivity contribution in [2.45, 2.75) is 52.1 Å². The molecule has 0 aromatic rings. The van der Waals surface area contributed by atoms with Crippen LogP contribution in [0.5, 0.6) is 0 Å². The number of hydrogen-bond acceptors (Lipinski definition) is 4. The van der Waals surface area contributed by atoms with Crippen LogP contribution in [0.25, 0.3) is 0 Å². The van der Waals surface area contributed by atoms with Gasteiger partial charge in [-0.25, -0.2) is 0 Å². The molecule has 0 bridgehead atoms. The van der Waals surface area contributed by atoms with Gasteiger partial charge in [-0.1, -0.05) is 0 Å². The van der Waals surface area contributed by atoms with E-state index in [1.807, 2.05) is 0 Å². The van der Waals surface area contributed by atoms with Gasteiger partial charge in [0.2, 0.25) is 0 Å². The Hall–Kier alpha value is -0.120. The van der Waals surface area contributed by atoms with Crippen molar-refractivity contribution in [1.29, 1.82) is 0 Å². The number of methoxy groups -OCH3 is 1. The molecule has 1 aliphatic rings. The summed E-state index contributed by atoms with van der Waals surface area (Å²) in [6, 6.07) is 1.42. The van der Waals surface area contributed by atoms with Gasteiger partial charge in [0, 0.05) is 52.0 Å². The molecule has 7 heteroatoms. The van der Waals surface area contributed by atoms with E-state index in [1.165, 1.54) is 12.8 Å². The fourth-order valence-electron chi connectivity index (χ4n) is 2.52. The molecule has 1 fully saturated rings. The summed E-state index contributed by atoms with van der Waals surface area (Å²) in [4.78, 5) is 7.18. The quantitative estimate of drug-likeness (QED) is 0.192. The number of ether oxygens (including phenoxy) is 2. The van der Waals surface area contributed by atoms with Crippen LogP contribution in [0.3, 0.4) is 0 Å². The van der Waals surface area contributed by atoms with Crippen LogP contribution >= 0.6 is 24.0 Å². The number of halogens is 1. The average Bonchev–Trinajstić information content (AvgIpc) is 3.34. The summed E-state index contributed by atoms with van der Waals surface area (Å²) in [6.07, 6.45) is 3.64. The molecule has 0 aliphatic heterocycles. The van der Waals surface area contributed by atoms with Crippen molar-refractivity contribution in [3.05, 3.63) is 0 Å². The summed E-state index contributed by atoms with van der Waals surface area (Å²) < 4.78 is 10.4. The number of nitrogens with one attached hydrogen (secondary N) is 2. The number of nitrogens with zero attached hydrogens (tertiary/aromatic N) is 2. The first-order valence-electron chi connectivity index (χ1n) is 9.03. The third-order valence-electron chi connectivity index (χ3n) is 3.83. The summed E-state index contributed by atoms with van der Waals surface area (Å²) >= 11 is 0. The zero-order valence-electron chi connectivity index (χ0n) is 15.8. The van der Waals surface area contributed by atoms with Crippen LogP contribution in [0.1, 0.15) is 40.0 Å². The fourth-order valence-corrected chi connectivity index (χ4v) is 2.52. The number of guanidine groups is 1. The molecule has 2 N–H and O–H groups in total. The molecule has 1 rings (SSSR count). The Morgan fingerprint density at radius 1 is 1.21 bits per heavy atom. The van der Waals surface area contributed by atoms with Gasteiger partial charge in [0.15, 0.2) is 5.96 Å². The molecule has 0 aromatic heterocycles. The lowest BCUT2D eigenvalue weighted by Crippen LogP contribution is -2.44. The molecule has 0 radical (unpaired) electrons. The van der Waals surface area contributed by atoms with Crippen molar-refractivity contribution in [2.75, 3.05) is 53.1 Å². The van der Waals surface area contributed by atoms with Gasteiger partial charge in [0.25, 0.3) is 0 Å². The monoisotopic (exact) mass is 456 g/mol. The highest BCUT2D eigenvalue weighted by Crippen LogP contribution is 2.27. The van der Waals surface area contributed by atoms with Crippen molar-refractivity contribution in [2.24, 2.45) is 4.99 Å². The number of rotatable bonds is 13.